The van der Waals surface area contributed by atoms with Gasteiger partial charge in [0.2, 0.25) is 0 Å². The molecule has 0 saturated heterocycles. The summed E-state index contributed by atoms with van der Waals surface area (Å²) >= 11 is 0. The number of rotatable bonds is 1. The van der Waals surface area contributed by atoms with Crippen molar-refractivity contribution in [3.8, 4) is 5.75 Å². The highest BCUT2D eigenvalue weighted by Crippen LogP contribution is 2.55. The third kappa shape index (κ3) is 1.88. The summed E-state index contributed by atoms with van der Waals surface area (Å²) < 4.78 is 5.48. The molecule has 1 aromatic carbocycles. The zero-order chi connectivity index (χ0) is 15.4. The van der Waals surface area contributed by atoms with E-state index in [9.17, 15) is 5.11 Å². The summed E-state index contributed by atoms with van der Waals surface area (Å²) in [5.41, 5.74) is 5.42. The third-order valence-electron chi connectivity index (χ3n) is 5.91. The van der Waals surface area contributed by atoms with E-state index in [0.29, 0.717) is 0 Å². The van der Waals surface area contributed by atoms with Gasteiger partial charge in [-0.25, -0.2) is 0 Å². The van der Waals surface area contributed by atoms with Crippen LogP contribution in [0.5, 0.6) is 5.75 Å². The average Bonchev–Trinajstić information content (AvgIpc) is 2.44. The second-order valence-corrected chi connectivity index (χ2v) is 7.35. The molecular weight excluding hydrogens is 260 g/mol. The predicted molar refractivity (Wildman–Crippen MR) is 85.9 cm³/mol. The highest BCUT2D eigenvalue weighted by molar-refractivity contribution is 5.55. The molecular formula is C19H26O2. The van der Waals surface area contributed by atoms with Gasteiger partial charge in [-0.15, -0.1) is 0 Å². The molecule has 0 bridgehead atoms. The first-order valence-corrected chi connectivity index (χ1v) is 7.88. The maximum absolute atomic E-state index is 10.4. The molecule has 21 heavy (non-hydrogen) atoms. The van der Waals surface area contributed by atoms with Crippen molar-refractivity contribution in [1.29, 1.82) is 0 Å². The zero-order valence-electron chi connectivity index (χ0n) is 13.8. The number of benzene rings is 1. The number of aliphatic hydroxyl groups is 1. The minimum Gasteiger partial charge on any atom is -0.496 e. The molecule has 1 saturated carbocycles. The third-order valence-corrected chi connectivity index (χ3v) is 5.91. The Hall–Kier alpha value is -1.28. The van der Waals surface area contributed by atoms with Crippen LogP contribution in [-0.4, -0.2) is 18.3 Å². The van der Waals surface area contributed by atoms with Crippen molar-refractivity contribution in [1.82, 2.24) is 0 Å². The molecule has 114 valence electrons. The Morgan fingerprint density at radius 3 is 2.62 bits per heavy atom. The van der Waals surface area contributed by atoms with E-state index >= 15 is 0 Å². The van der Waals surface area contributed by atoms with Crippen LogP contribution in [0.2, 0.25) is 0 Å². The Bertz CT molecular complexity index is 612. The molecule has 0 aromatic heterocycles. The van der Waals surface area contributed by atoms with Gasteiger partial charge in [-0.05, 0) is 48.9 Å². The first kappa shape index (κ1) is 14.6. The van der Waals surface area contributed by atoms with Crippen LogP contribution in [0.3, 0.4) is 0 Å². The minimum atomic E-state index is -0.238. The predicted octanol–water partition coefficient (Wildman–Crippen LogP) is 3.92. The van der Waals surface area contributed by atoms with Gasteiger partial charge in [-0.3, -0.25) is 0 Å². The largest absolute Gasteiger partial charge is 0.496 e. The molecule has 1 fully saturated rings. The Labute approximate surface area is 127 Å². The molecule has 0 spiro atoms. The zero-order valence-corrected chi connectivity index (χ0v) is 13.8. The summed E-state index contributed by atoms with van der Waals surface area (Å²) in [7, 11) is 1.74. The van der Waals surface area contributed by atoms with Crippen LogP contribution in [0, 0.1) is 12.3 Å². The lowest BCUT2D eigenvalue weighted by molar-refractivity contribution is 0.0285. The molecule has 2 atom stereocenters. The first-order valence-electron chi connectivity index (χ1n) is 7.88. The molecule has 2 heteroatoms. The van der Waals surface area contributed by atoms with Gasteiger partial charge >= 0.3 is 0 Å². The number of ether oxygens (including phenoxy) is 1. The Kier molecular flexibility index (Phi) is 3.21. The lowest BCUT2D eigenvalue weighted by Crippen LogP contribution is -2.47. The van der Waals surface area contributed by atoms with E-state index in [-0.39, 0.29) is 16.9 Å². The summed E-state index contributed by atoms with van der Waals surface area (Å²) in [6.07, 6.45) is 4.95. The Morgan fingerprint density at radius 1 is 1.24 bits per heavy atom. The normalized spacial score (nSPS) is 30.2. The fourth-order valence-electron chi connectivity index (χ4n) is 4.52. The van der Waals surface area contributed by atoms with E-state index in [2.05, 4.69) is 45.9 Å². The molecule has 0 radical (unpaired) electrons. The van der Waals surface area contributed by atoms with Gasteiger partial charge in [0.1, 0.15) is 5.75 Å². The highest BCUT2D eigenvalue weighted by atomic mass is 16.5. The van der Waals surface area contributed by atoms with Crippen LogP contribution >= 0.6 is 0 Å². The van der Waals surface area contributed by atoms with Gasteiger partial charge in [0, 0.05) is 10.8 Å². The maximum atomic E-state index is 10.4. The Balaban J connectivity index is 2.18. The van der Waals surface area contributed by atoms with Crippen LogP contribution in [-0.2, 0) is 11.8 Å². The van der Waals surface area contributed by atoms with Gasteiger partial charge in [-0.2, -0.15) is 0 Å². The summed E-state index contributed by atoms with van der Waals surface area (Å²) in [5.74, 6) is 0.976. The molecule has 2 nitrogen and oxygen atoms in total. The van der Waals surface area contributed by atoms with Gasteiger partial charge < -0.3 is 9.84 Å². The molecule has 1 N–H and O–H groups in total. The SMILES string of the molecule is COc1ccc2c(c1C)CC=C1C(C)(C)[C@H](O)CC[C@@]12C. The number of hydrogen-bond donors (Lipinski definition) is 1. The monoisotopic (exact) mass is 286 g/mol. The van der Waals surface area contributed by atoms with Crippen LogP contribution in [0.4, 0.5) is 0 Å². The summed E-state index contributed by atoms with van der Waals surface area (Å²) in [6.45, 7) is 8.86. The number of allylic oxidation sites excluding steroid dienone is 1. The quantitative estimate of drug-likeness (QED) is 0.793. The fourth-order valence-corrected chi connectivity index (χ4v) is 4.52. The van der Waals surface area contributed by atoms with Gasteiger partial charge in [0.15, 0.2) is 0 Å². The van der Waals surface area contributed by atoms with E-state index in [4.69, 9.17) is 4.74 Å². The molecule has 0 unspecified atom stereocenters. The van der Waals surface area contributed by atoms with Gasteiger partial charge in [-0.1, -0.05) is 38.5 Å². The lowest BCUT2D eigenvalue weighted by Gasteiger charge is -2.51. The van der Waals surface area contributed by atoms with Gasteiger partial charge in [0.05, 0.1) is 13.2 Å². The molecule has 3 rings (SSSR count). The van der Waals surface area contributed by atoms with Crippen LogP contribution in [0.25, 0.3) is 0 Å². The average molecular weight is 286 g/mol. The van der Waals surface area contributed by atoms with Crippen LogP contribution in [0.15, 0.2) is 23.8 Å². The molecule has 0 heterocycles. The Morgan fingerprint density at radius 2 is 1.95 bits per heavy atom. The molecule has 2 aliphatic rings. The number of fused-ring (bicyclic) bond motifs is 3. The maximum Gasteiger partial charge on any atom is 0.122 e. The standard InChI is InChI=1S/C19H26O2/c1-12-13-6-9-16-18(2,3)17(20)10-11-19(16,4)14(13)7-8-15(12)21-5/h7-9,17,20H,6,10-11H2,1-5H3/t17-,19-/m1/s1. The number of aliphatic hydroxyl groups excluding tert-OH is 1. The second kappa shape index (κ2) is 4.61. The first-order chi connectivity index (χ1) is 9.82. The molecule has 1 aromatic rings. The van der Waals surface area contributed by atoms with Crippen molar-refractivity contribution in [2.45, 2.75) is 58.5 Å². The lowest BCUT2D eigenvalue weighted by atomic mass is 9.54. The van der Waals surface area contributed by atoms with Crippen molar-refractivity contribution in [3.05, 3.63) is 40.5 Å². The van der Waals surface area contributed by atoms with E-state index in [1.54, 1.807) is 7.11 Å². The smallest absolute Gasteiger partial charge is 0.122 e. The van der Waals surface area contributed by atoms with E-state index in [1.165, 1.54) is 22.3 Å². The van der Waals surface area contributed by atoms with E-state index in [0.717, 1.165) is 25.0 Å². The number of methoxy groups -OCH3 is 1. The summed E-state index contributed by atoms with van der Waals surface area (Å²) in [5, 5.41) is 10.4. The van der Waals surface area contributed by atoms with Crippen LogP contribution in [0.1, 0.15) is 50.3 Å². The molecule has 2 aliphatic carbocycles. The topological polar surface area (TPSA) is 29.5 Å². The van der Waals surface area contributed by atoms with Crippen molar-refractivity contribution >= 4 is 0 Å². The minimum absolute atomic E-state index is 0.0490. The number of hydrogen-bond acceptors (Lipinski definition) is 2. The van der Waals surface area contributed by atoms with Crippen molar-refractivity contribution in [2.75, 3.05) is 7.11 Å². The molecule has 0 amide bonds. The molecule has 0 aliphatic heterocycles. The summed E-state index contributed by atoms with van der Waals surface area (Å²) in [6, 6.07) is 4.34. The fraction of sp³-hybridized carbons (Fsp3) is 0.579. The highest BCUT2D eigenvalue weighted by Gasteiger charge is 2.49. The van der Waals surface area contributed by atoms with Gasteiger partial charge in [0.25, 0.3) is 0 Å². The summed E-state index contributed by atoms with van der Waals surface area (Å²) in [4.78, 5) is 0. The van der Waals surface area contributed by atoms with E-state index < -0.39 is 0 Å². The van der Waals surface area contributed by atoms with Crippen molar-refractivity contribution in [3.63, 3.8) is 0 Å². The van der Waals surface area contributed by atoms with Crippen molar-refractivity contribution in [2.24, 2.45) is 5.41 Å². The van der Waals surface area contributed by atoms with E-state index in [1.807, 2.05) is 0 Å². The second-order valence-electron chi connectivity index (χ2n) is 7.35. The van der Waals surface area contributed by atoms with Crippen molar-refractivity contribution < 1.29 is 9.84 Å². The van der Waals surface area contributed by atoms with Crippen LogP contribution < -0.4 is 4.74 Å².